The smallest absolute Gasteiger partial charge is 0.459 e. The molecule has 2 aromatic carbocycles. The van der Waals surface area contributed by atoms with E-state index in [1.165, 1.54) is 65.3 Å². The van der Waals surface area contributed by atoms with Gasteiger partial charge in [0.2, 0.25) is 11.1 Å². The monoisotopic (exact) mass is 1340 g/mol. The van der Waals surface area contributed by atoms with Crippen LogP contribution in [0.2, 0.25) is 0 Å². The first-order chi connectivity index (χ1) is 43.2. The quantitative estimate of drug-likeness (QED) is 0.0130. The van der Waals surface area contributed by atoms with Crippen LogP contribution < -0.4 is 41.7 Å². The van der Waals surface area contributed by atoms with Gasteiger partial charge in [-0.2, -0.15) is 14.7 Å². The Kier molecular flexibility index (Phi) is 30.9. The van der Waals surface area contributed by atoms with E-state index < -0.39 is 129 Å². The Morgan fingerprint density at radius 1 is 0.659 bits per heavy atom. The Hall–Kier alpha value is -7.07. The average molecular weight is 1340 g/mol. The number of hydrogen-bond donors (Lipinski definition) is 3. The first kappa shape index (κ1) is 76.4. The Morgan fingerprint density at radius 3 is 1.47 bits per heavy atom. The van der Waals surface area contributed by atoms with Crippen LogP contribution in [0, 0.1) is 0 Å². The second-order valence-electron chi connectivity index (χ2n) is 20.6. The van der Waals surface area contributed by atoms with E-state index in [2.05, 4.69) is 36.5 Å². The summed E-state index contributed by atoms with van der Waals surface area (Å²) in [6, 6.07) is 15.9. The van der Waals surface area contributed by atoms with Crippen molar-refractivity contribution in [2.75, 3.05) is 40.6 Å². The molecule has 4 unspecified atom stereocenters. The van der Waals surface area contributed by atoms with Crippen molar-refractivity contribution >= 4 is 50.2 Å². The van der Waals surface area contributed by atoms with Crippen LogP contribution in [-0.2, 0) is 61.0 Å². The van der Waals surface area contributed by atoms with Crippen molar-refractivity contribution in [3.63, 3.8) is 0 Å². The SMILES string of the molecule is C=CCCC(=O)Cl.C=CCCCOC(=O)[C@H](C)N[P@](=O)(OCC1OC(n2ccc(=O)[nH]c2=O)[C@](C)(F)[C@@H]1OC)Oc1ccccc1.C=CCCCOC(=O)[C@H](C)N[P@](=O)(OCC1OC(n2ccc(=O)n(C(=O)CCC=C)c2=O)[C@](C)(F)[C@@H]1OC)Oc1ccccc1. The van der Waals surface area contributed by atoms with Crippen molar-refractivity contribution in [1.29, 1.82) is 0 Å². The number of carbonyl (C=O) groups is 4. The lowest BCUT2D eigenvalue weighted by molar-refractivity contribution is -0.146. The summed E-state index contributed by atoms with van der Waals surface area (Å²) in [6.45, 7) is 18.5. The standard InChI is InChI=1S/C30H39FN3O10P.C25H33FN3O9P.C5H7ClO/c1-6-8-13-19-41-27(37)21(3)32-45(39,44-22-14-11-10-12-15-22)42-20-23-26(40-5)30(4,31)28(43-23)33-18-17-25(36)34(29(33)38)24(35)16-9-7-2;1-5-6-10-15-35-22(31)17(2)28-39(33,38-18-11-8-7-9-12-18)36-16-19-21(34-4)25(3,26)23(37-19)29-14-13-20(30)27-24(29)32;1-2-3-4-5(6)7/h6-7,10-12,14-15,17-18,21,23,26,28H,1-2,8-9,13,16,19-20H2,3-5H3,(H,32,39);5,7-9,11-14,17,19,21,23H,1,6,10,15-16H2,2-4H3,(H,28,33)(H,27,30,32);2H,1,3-4H2/t21-,23?,26+,28?,30+,45-;17-,19?,21+,23?,25+,39-;/m00./s1. The minimum absolute atomic E-state index is 0.121. The fourth-order valence-corrected chi connectivity index (χ4v) is 12.0. The number of hydrogen-bond acceptors (Lipinski definition) is 20. The lowest BCUT2D eigenvalue weighted by atomic mass is 9.98. The van der Waals surface area contributed by atoms with Gasteiger partial charge in [0.1, 0.15) is 48.0 Å². The van der Waals surface area contributed by atoms with Crippen LogP contribution in [-0.4, -0.2) is 130 Å². The molecule has 2 aliphatic heterocycles. The lowest BCUT2D eigenvalue weighted by Crippen LogP contribution is -2.48. The average Bonchev–Trinajstić information content (AvgIpc) is 1.64. The molecule has 91 heavy (non-hydrogen) atoms. The van der Waals surface area contributed by atoms with Crippen molar-refractivity contribution in [2.45, 2.75) is 139 Å². The second kappa shape index (κ2) is 36.8. The number of allylic oxidation sites excluding steroid dienone is 4. The summed E-state index contributed by atoms with van der Waals surface area (Å²) in [5, 5.41) is 4.80. The number of para-hydroxylation sites is 2. The minimum atomic E-state index is -4.36. The molecule has 500 valence electrons. The molecule has 2 fully saturated rings. The highest BCUT2D eigenvalue weighted by Crippen LogP contribution is 2.50. The number of nitrogens with one attached hydrogen (secondary N) is 3. The van der Waals surface area contributed by atoms with Crippen LogP contribution in [0.15, 0.2) is 155 Å². The highest BCUT2D eigenvalue weighted by atomic mass is 35.5. The van der Waals surface area contributed by atoms with E-state index >= 15 is 8.78 Å². The predicted octanol–water partition coefficient (Wildman–Crippen LogP) is 8.53. The number of unbranched alkanes of at least 4 members (excludes halogenated alkanes) is 2. The van der Waals surface area contributed by atoms with Crippen LogP contribution in [0.25, 0.3) is 0 Å². The number of aromatic amines is 1. The molecule has 0 spiro atoms. The maximum atomic E-state index is 16.3. The number of methoxy groups -OCH3 is 2. The number of alkyl halides is 2. The Labute approximate surface area is 529 Å². The number of benzene rings is 2. The maximum absolute atomic E-state index is 16.3. The number of aromatic nitrogens is 4. The molecule has 6 rings (SSSR count). The number of rotatable bonds is 34. The molecule has 0 bridgehead atoms. The highest BCUT2D eigenvalue weighted by molar-refractivity contribution is 7.52. The van der Waals surface area contributed by atoms with E-state index in [0.29, 0.717) is 43.1 Å². The highest BCUT2D eigenvalue weighted by Gasteiger charge is 2.58. The van der Waals surface area contributed by atoms with E-state index in [-0.39, 0.29) is 42.8 Å². The zero-order valence-electron chi connectivity index (χ0n) is 51.4. The van der Waals surface area contributed by atoms with Crippen molar-refractivity contribution in [3.05, 3.63) is 177 Å². The normalized spacial score (nSPS) is 22.7. The fourth-order valence-electron chi connectivity index (χ4n) is 8.90. The van der Waals surface area contributed by atoms with Crippen LogP contribution in [0.3, 0.4) is 0 Å². The van der Waals surface area contributed by atoms with E-state index in [9.17, 15) is 47.5 Å². The molecule has 26 nitrogen and oxygen atoms in total. The third-order valence-corrected chi connectivity index (χ3v) is 16.8. The molecule has 0 aliphatic carbocycles. The molecule has 0 radical (unpaired) electrons. The van der Waals surface area contributed by atoms with Crippen LogP contribution in [0.4, 0.5) is 8.78 Å². The number of H-pyrrole nitrogens is 1. The van der Waals surface area contributed by atoms with Crippen LogP contribution >= 0.6 is 27.1 Å². The maximum Gasteiger partial charge on any atom is 0.459 e. The summed E-state index contributed by atoms with van der Waals surface area (Å²) < 4.78 is 117. The Bertz CT molecular complexity index is 3420. The van der Waals surface area contributed by atoms with E-state index in [1.807, 2.05) is 4.98 Å². The third-order valence-electron chi connectivity index (χ3n) is 13.4. The second-order valence-corrected chi connectivity index (χ2v) is 24.4. The number of nitrogens with zero attached hydrogens (tertiary/aromatic N) is 3. The lowest BCUT2D eigenvalue weighted by Gasteiger charge is -2.27. The molecular formula is C60H79ClF2N6O20P2. The van der Waals surface area contributed by atoms with Gasteiger partial charge in [-0.1, -0.05) is 60.7 Å². The Morgan fingerprint density at radius 2 is 1.08 bits per heavy atom. The van der Waals surface area contributed by atoms with Gasteiger partial charge in [0.15, 0.2) is 23.8 Å². The summed E-state index contributed by atoms with van der Waals surface area (Å²) in [5.74, 6) is -1.85. The molecule has 2 saturated heterocycles. The number of ether oxygens (including phenoxy) is 6. The molecule has 3 N–H and O–H groups in total. The zero-order valence-corrected chi connectivity index (χ0v) is 53.9. The van der Waals surface area contributed by atoms with Crippen molar-refractivity contribution in [3.8, 4) is 11.5 Å². The number of esters is 2. The van der Waals surface area contributed by atoms with Gasteiger partial charge in [-0.15, -0.1) is 26.3 Å². The van der Waals surface area contributed by atoms with Gasteiger partial charge in [0, 0.05) is 51.6 Å². The number of carbonyl (C=O) groups excluding carboxylic acids is 4. The Balaban J connectivity index is 0.000000354. The zero-order chi connectivity index (χ0) is 67.5. The molecule has 2 aromatic heterocycles. The van der Waals surface area contributed by atoms with Crippen LogP contribution in [0.5, 0.6) is 11.5 Å². The predicted molar refractivity (Wildman–Crippen MR) is 332 cm³/mol. The molecule has 0 amide bonds. The molecule has 0 saturated carbocycles. The van der Waals surface area contributed by atoms with E-state index in [1.54, 1.807) is 54.6 Å². The van der Waals surface area contributed by atoms with Crippen molar-refractivity contribution in [2.24, 2.45) is 0 Å². The summed E-state index contributed by atoms with van der Waals surface area (Å²) in [5.41, 5.74) is -8.19. The first-order valence-corrected chi connectivity index (χ1v) is 32.0. The van der Waals surface area contributed by atoms with Crippen molar-refractivity contribution in [1.82, 2.24) is 28.9 Å². The summed E-state index contributed by atoms with van der Waals surface area (Å²) in [6.07, 6.45) is 3.99. The third kappa shape index (κ3) is 22.6. The van der Waals surface area contributed by atoms with Crippen molar-refractivity contribution < 1.29 is 83.6 Å². The molecule has 2 aliphatic rings. The minimum Gasteiger partial charge on any atom is -0.465 e. The largest absolute Gasteiger partial charge is 0.465 e. The summed E-state index contributed by atoms with van der Waals surface area (Å²) in [4.78, 5) is 98.9. The van der Waals surface area contributed by atoms with Gasteiger partial charge >= 0.3 is 38.8 Å². The van der Waals surface area contributed by atoms with Gasteiger partial charge in [0.25, 0.3) is 11.1 Å². The topological polar surface area (TPSA) is 318 Å². The number of halogens is 3. The van der Waals surface area contributed by atoms with Crippen LogP contribution in [0.1, 0.15) is 96.3 Å². The van der Waals surface area contributed by atoms with Gasteiger partial charge in [-0.05, 0) is 102 Å². The van der Waals surface area contributed by atoms with E-state index in [0.717, 1.165) is 40.6 Å². The molecular weight excluding hydrogens is 1260 g/mol. The van der Waals surface area contributed by atoms with E-state index in [4.69, 9.17) is 58.1 Å². The molecule has 31 heteroatoms. The summed E-state index contributed by atoms with van der Waals surface area (Å²) in [7, 11) is -6.17. The summed E-state index contributed by atoms with van der Waals surface area (Å²) >= 11 is 4.97. The molecule has 4 aromatic rings. The first-order valence-electron chi connectivity index (χ1n) is 28.6. The van der Waals surface area contributed by atoms with Gasteiger partial charge in [-0.25, -0.2) is 27.5 Å². The fraction of sp³-hybridized carbons (Fsp3) is 0.467. The van der Waals surface area contributed by atoms with Gasteiger partial charge < -0.3 is 37.5 Å². The van der Waals surface area contributed by atoms with Gasteiger partial charge in [0.05, 0.1) is 26.4 Å². The molecule has 12 atom stereocenters. The van der Waals surface area contributed by atoms with Gasteiger partial charge in [-0.3, -0.25) is 51.9 Å². The molecule has 4 heterocycles.